The molecule has 8 heteroatoms. The maximum absolute atomic E-state index is 12.8. The van der Waals surface area contributed by atoms with E-state index in [0.29, 0.717) is 29.7 Å². The van der Waals surface area contributed by atoms with E-state index in [4.69, 9.17) is 4.74 Å². The summed E-state index contributed by atoms with van der Waals surface area (Å²) in [7, 11) is 1.29. The van der Waals surface area contributed by atoms with E-state index in [-0.39, 0.29) is 29.3 Å². The number of allylic oxidation sites excluding steroid dienone is 2. The molecule has 1 amide bonds. The third kappa shape index (κ3) is 3.02. The fourth-order valence-electron chi connectivity index (χ4n) is 3.75. The number of hydrogen-bond acceptors (Lipinski definition) is 6. The topological polar surface area (TPSA) is 119 Å². The van der Waals surface area contributed by atoms with Gasteiger partial charge in [-0.2, -0.15) is 0 Å². The number of rotatable bonds is 3. The van der Waals surface area contributed by atoms with Gasteiger partial charge in [-0.3, -0.25) is 19.7 Å². The first kappa shape index (κ1) is 17.9. The first-order valence-corrected chi connectivity index (χ1v) is 8.24. The Morgan fingerprint density at radius 3 is 2.62 bits per heavy atom. The fourth-order valence-corrected chi connectivity index (χ4v) is 3.75. The summed E-state index contributed by atoms with van der Waals surface area (Å²) in [5.41, 5.74) is 0.704. The maximum atomic E-state index is 12.8. The molecule has 0 saturated carbocycles. The Hall–Kier alpha value is -2.90. The van der Waals surface area contributed by atoms with Crippen molar-refractivity contribution in [3.8, 4) is 11.5 Å². The molecule has 0 bridgehead atoms. The summed E-state index contributed by atoms with van der Waals surface area (Å²) in [6, 6.07) is 2.65. The monoisotopic (exact) mass is 360 g/mol. The van der Waals surface area contributed by atoms with Gasteiger partial charge in [-0.25, -0.2) is 0 Å². The minimum Gasteiger partial charge on any atom is -0.500 e. The molecule has 1 aliphatic heterocycles. The number of amides is 1. The van der Waals surface area contributed by atoms with Crippen LogP contribution in [0.15, 0.2) is 23.4 Å². The average Bonchev–Trinajstić information content (AvgIpc) is 2.52. The summed E-state index contributed by atoms with van der Waals surface area (Å²) in [5.74, 6) is -1.56. The molecule has 0 aromatic heterocycles. The van der Waals surface area contributed by atoms with E-state index in [2.05, 4.69) is 5.32 Å². The molecule has 1 aromatic carbocycles. The molecule has 0 spiro atoms. The quantitative estimate of drug-likeness (QED) is 0.631. The number of carbonyl (C=O) groups is 2. The van der Waals surface area contributed by atoms with Crippen LogP contribution in [0.1, 0.15) is 44.6 Å². The lowest BCUT2D eigenvalue weighted by Gasteiger charge is -2.37. The van der Waals surface area contributed by atoms with Crippen LogP contribution in [0.25, 0.3) is 0 Å². The smallest absolute Gasteiger partial charge is 0.314 e. The van der Waals surface area contributed by atoms with Crippen molar-refractivity contribution < 1.29 is 24.4 Å². The van der Waals surface area contributed by atoms with Crippen molar-refractivity contribution >= 4 is 17.4 Å². The highest BCUT2D eigenvalue weighted by atomic mass is 16.6. The van der Waals surface area contributed by atoms with E-state index in [0.717, 1.165) is 0 Å². The summed E-state index contributed by atoms with van der Waals surface area (Å²) < 4.78 is 5.03. The average molecular weight is 360 g/mol. The molecule has 26 heavy (non-hydrogen) atoms. The lowest BCUT2D eigenvalue weighted by atomic mass is 9.70. The molecule has 1 atom stereocenters. The van der Waals surface area contributed by atoms with Gasteiger partial charge in [-0.05, 0) is 23.5 Å². The third-order valence-electron chi connectivity index (χ3n) is 4.84. The summed E-state index contributed by atoms with van der Waals surface area (Å²) in [4.78, 5) is 35.5. The minimum absolute atomic E-state index is 0.0100. The number of methoxy groups -OCH3 is 1. The van der Waals surface area contributed by atoms with E-state index >= 15 is 0 Å². The SMILES string of the molecule is COc1cc(C2CC(=O)NC3=C2C(=O)CC(C)(C)C3)cc([N+](=O)[O-])c1O. The summed E-state index contributed by atoms with van der Waals surface area (Å²) in [5, 5.41) is 24.0. The van der Waals surface area contributed by atoms with Gasteiger partial charge in [-0.15, -0.1) is 0 Å². The number of phenolic OH excluding ortho intramolecular Hbond substituents is 1. The number of ether oxygens (including phenoxy) is 1. The van der Waals surface area contributed by atoms with Gasteiger partial charge in [0.15, 0.2) is 11.5 Å². The van der Waals surface area contributed by atoms with Crippen molar-refractivity contribution in [1.82, 2.24) is 5.32 Å². The molecule has 0 radical (unpaired) electrons. The molecule has 3 rings (SSSR count). The maximum Gasteiger partial charge on any atom is 0.314 e. The van der Waals surface area contributed by atoms with Crippen LogP contribution < -0.4 is 10.1 Å². The molecular formula is C18H20N2O6. The van der Waals surface area contributed by atoms with Crippen LogP contribution in [0.5, 0.6) is 11.5 Å². The van der Waals surface area contributed by atoms with Gasteiger partial charge in [0, 0.05) is 36.1 Å². The Kier molecular flexibility index (Phi) is 4.21. The summed E-state index contributed by atoms with van der Waals surface area (Å²) in [6.07, 6.45) is 0.902. The normalized spacial score (nSPS) is 21.9. The molecule has 0 saturated heterocycles. The van der Waals surface area contributed by atoms with Crippen molar-refractivity contribution in [2.75, 3.05) is 7.11 Å². The Bertz CT molecular complexity index is 855. The molecular weight excluding hydrogens is 340 g/mol. The first-order chi connectivity index (χ1) is 12.1. The van der Waals surface area contributed by atoms with Crippen molar-refractivity contribution in [2.24, 2.45) is 5.41 Å². The highest BCUT2D eigenvalue weighted by Gasteiger charge is 2.41. The summed E-state index contributed by atoms with van der Waals surface area (Å²) in [6.45, 7) is 3.91. The number of aromatic hydroxyl groups is 1. The van der Waals surface area contributed by atoms with Gasteiger partial charge in [0.2, 0.25) is 11.7 Å². The van der Waals surface area contributed by atoms with E-state index in [1.807, 2.05) is 13.8 Å². The largest absolute Gasteiger partial charge is 0.500 e. The van der Waals surface area contributed by atoms with Crippen LogP contribution in [0.2, 0.25) is 0 Å². The molecule has 138 valence electrons. The standard InChI is InChI=1S/C18H20N2O6/c1-18(2)7-11-16(13(21)8-18)10(6-15(22)19-11)9-4-12(20(24)25)17(23)14(5-9)26-3/h4-5,10,23H,6-8H2,1-3H3,(H,19,22). The van der Waals surface area contributed by atoms with Crippen LogP contribution >= 0.6 is 0 Å². The molecule has 1 unspecified atom stereocenters. The zero-order valence-corrected chi connectivity index (χ0v) is 14.8. The Morgan fingerprint density at radius 2 is 2.00 bits per heavy atom. The number of hydrogen-bond donors (Lipinski definition) is 2. The lowest BCUT2D eigenvalue weighted by molar-refractivity contribution is -0.386. The Balaban J connectivity index is 2.16. The second-order valence-corrected chi connectivity index (χ2v) is 7.49. The minimum atomic E-state index is -0.717. The molecule has 1 aromatic rings. The molecule has 2 aliphatic rings. The predicted octanol–water partition coefficient (Wildman–Crippen LogP) is 2.56. The van der Waals surface area contributed by atoms with Gasteiger partial charge >= 0.3 is 5.69 Å². The lowest BCUT2D eigenvalue weighted by Crippen LogP contribution is -2.40. The van der Waals surface area contributed by atoms with Crippen molar-refractivity contribution in [2.45, 2.75) is 39.0 Å². The molecule has 0 fully saturated rings. The molecule has 2 N–H and O–H groups in total. The van der Waals surface area contributed by atoms with Gasteiger partial charge < -0.3 is 15.2 Å². The number of nitrogens with zero attached hydrogens (tertiary/aromatic N) is 1. The zero-order valence-electron chi connectivity index (χ0n) is 14.8. The number of benzene rings is 1. The number of nitro groups is 1. The van der Waals surface area contributed by atoms with Crippen LogP contribution in [0.3, 0.4) is 0 Å². The zero-order chi connectivity index (χ0) is 19.2. The number of Topliss-reactive ketones (excluding diaryl/α,β-unsaturated/α-hetero) is 1. The second-order valence-electron chi connectivity index (χ2n) is 7.49. The number of nitro benzene ring substituents is 1. The van der Waals surface area contributed by atoms with E-state index in [9.17, 15) is 24.8 Å². The van der Waals surface area contributed by atoms with E-state index in [1.165, 1.54) is 19.2 Å². The summed E-state index contributed by atoms with van der Waals surface area (Å²) >= 11 is 0. The molecule has 8 nitrogen and oxygen atoms in total. The van der Waals surface area contributed by atoms with Crippen molar-refractivity contribution in [3.05, 3.63) is 39.1 Å². The van der Waals surface area contributed by atoms with Gasteiger partial charge in [0.1, 0.15) is 0 Å². The number of carbonyl (C=O) groups excluding carboxylic acids is 2. The Labute approximate surface area is 150 Å². The highest BCUT2D eigenvalue weighted by Crippen LogP contribution is 2.46. The predicted molar refractivity (Wildman–Crippen MR) is 91.9 cm³/mol. The van der Waals surface area contributed by atoms with E-state index in [1.54, 1.807) is 0 Å². The Morgan fingerprint density at radius 1 is 1.31 bits per heavy atom. The third-order valence-corrected chi connectivity index (χ3v) is 4.84. The second kappa shape index (κ2) is 6.12. The fraction of sp³-hybridized carbons (Fsp3) is 0.444. The molecule has 1 aliphatic carbocycles. The van der Waals surface area contributed by atoms with Crippen molar-refractivity contribution in [3.63, 3.8) is 0 Å². The van der Waals surface area contributed by atoms with Gasteiger partial charge in [0.25, 0.3) is 0 Å². The first-order valence-electron chi connectivity index (χ1n) is 8.24. The number of phenols is 1. The van der Waals surface area contributed by atoms with E-state index < -0.39 is 22.3 Å². The van der Waals surface area contributed by atoms with Crippen LogP contribution in [0, 0.1) is 15.5 Å². The van der Waals surface area contributed by atoms with Crippen LogP contribution in [-0.2, 0) is 9.59 Å². The van der Waals surface area contributed by atoms with Crippen molar-refractivity contribution in [1.29, 1.82) is 0 Å². The van der Waals surface area contributed by atoms with Gasteiger partial charge in [0.05, 0.1) is 12.0 Å². The molecule has 1 heterocycles. The number of ketones is 1. The van der Waals surface area contributed by atoms with Crippen LogP contribution in [-0.4, -0.2) is 28.8 Å². The van der Waals surface area contributed by atoms with Crippen LogP contribution in [0.4, 0.5) is 5.69 Å². The number of nitrogens with one attached hydrogen (secondary N) is 1. The highest BCUT2D eigenvalue weighted by molar-refractivity contribution is 6.02. The van der Waals surface area contributed by atoms with Gasteiger partial charge in [-0.1, -0.05) is 13.8 Å².